The molecule has 1 heterocycles. The molecule has 3 nitrogen and oxygen atoms in total. The molecule has 0 fully saturated rings. The number of fused-ring (bicyclic) bond motifs is 1. The van der Waals surface area contributed by atoms with Crippen molar-refractivity contribution in [3.63, 3.8) is 0 Å². The van der Waals surface area contributed by atoms with E-state index in [4.69, 9.17) is 23.2 Å². The molecule has 0 radical (unpaired) electrons. The van der Waals surface area contributed by atoms with Crippen molar-refractivity contribution in [2.24, 2.45) is 5.10 Å². The van der Waals surface area contributed by atoms with Crippen molar-refractivity contribution in [3.05, 3.63) is 70.3 Å². The average molecular weight is 316 g/mol. The van der Waals surface area contributed by atoms with Gasteiger partial charge in [0.25, 0.3) is 0 Å². The van der Waals surface area contributed by atoms with Crippen LogP contribution in [0.1, 0.15) is 5.56 Å². The summed E-state index contributed by atoms with van der Waals surface area (Å²) in [7, 11) is 0. The van der Waals surface area contributed by atoms with E-state index in [-0.39, 0.29) is 0 Å². The van der Waals surface area contributed by atoms with Crippen molar-refractivity contribution < 1.29 is 0 Å². The number of halogens is 2. The number of hydrogen-bond donors (Lipinski definition) is 1. The van der Waals surface area contributed by atoms with Gasteiger partial charge in [-0.25, -0.2) is 0 Å². The maximum Gasteiger partial charge on any atom is 0.0723 e. The third-order valence-corrected chi connectivity index (χ3v) is 3.69. The van der Waals surface area contributed by atoms with Crippen molar-refractivity contribution >= 4 is 46.0 Å². The van der Waals surface area contributed by atoms with Gasteiger partial charge in [0.1, 0.15) is 0 Å². The Hall–Kier alpha value is -2.10. The number of hydrogen-bond acceptors (Lipinski definition) is 3. The van der Waals surface area contributed by atoms with E-state index >= 15 is 0 Å². The van der Waals surface area contributed by atoms with Gasteiger partial charge in [0.05, 0.1) is 27.5 Å². The Labute approximate surface area is 132 Å². The van der Waals surface area contributed by atoms with E-state index in [1.54, 1.807) is 30.6 Å². The first-order valence-corrected chi connectivity index (χ1v) is 7.08. The first-order chi connectivity index (χ1) is 10.3. The topological polar surface area (TPSA) is 37.3 Å². The third kappa shape index (κ3) is 2.99. The molecule has 0 atom stereocenters. The summed E-state index contributed by atoms with van der Waals surface area (Å²) >= 11 is 12.2. The van der Waals surface area contributed by atoms with Gasteiger partial charge in [-0.2, -0.15) is 5.10 Å². The minimum Gasteiger partial charge on any atom is -0.278 e. The maximum absolute atomic E-state index is 6.09. The number of para-hydroxylation sites is 1. The maximum atomic E-state index is 6.09. The number of hydrazone groups is 1. The molecular weight excluding hydrogens is 305 g/mol. The van der Waals surface area contributed by atoms with Gasteiger partial charge in [-0.15, -0.1) is 0 Å². The molecule has 1 N–H and O–H groups in total. The molecule has 0 aliphatic carbocycles. The van der Waals surface area contributed by atoms with E-state index in [2.05, 4.69) is 15.5 Å². The highest BCUT2D eigenvalue weighted by Crippen LogP contribution is 2.23. The zero-order valence-corrected chi connectivity index (χ0v) is 12.4. The van der Waals surface area contributed by atoms with Gasteiger partial charge in [-0.1, -0.05) is 47.5 Å². The molecule has 5 heteroatoms. The van der Waals surface area contributed by atoms with Crippen molar-refractivity contribution in [3.8, 4) is 0 Å². The van der Waals surface area contributed by atoms with Gasteiger partial charge in [0, 0.05) is 17.1 Å². The van der Waals surface area contributed by atoms with Crippen LogP contribution in [0.15, 0.2) is 59.8 Å². The lowest BCUT2D eigenvalue weighted by atomic mass is 10.2. The van der Waals surface area contributed by atoms with Crippen LogP contribution in [0.25, 0.3) is 10.9 Å². The number of aromatic nitrogens is 1. The Bertz CT molecular complexity index is 790. The van der Waals surface area contributed by atoms with E-state index in [1.807, 2.05) is 30.3 Å². The van der Waals surface area contributed by atoms with Crippen LogP contribution in [0.2, 0.25) is 10.0 Å². The number of anilines is 1. The van der Waals surface area contributed by atoms with Crippen LogP contribution in [-0.2, 0) is 0 Å². The van der Waals surface area contributed by atoms with Crippen molar-refractivity contribution in [1.82, 2.24) is 4.98 Å². The second kappa shape index (κ2) is 6.12. The molecule has 0 aliphatic heterocycles. The van der Waals surface area contributed by atoms with Crippen LogP contribution in [0, 0.1) is 0 Å². The van der Waals surface area contributed by atoms with E-state index in [0.717, 1.165) is 16.6 Å². The zero-order chi connectivity index (χ0) is 14.7. The summed E-state index contributed by atoms with van der Waals surface area (Å²) in [5.74, 6) is 0. The molecule has 0 saturated heterocycles. The van der Waals surface area contributed by atoms with Crippen LogP contribution in [0.4, 0.5) is 5.69 Å². The van der Waals surface area contributed by atoms with E-state index in [9.17, 15) is 0 Å². The summed E-state index contributed by atoms with van der Waals surface area (Å²) in [4.78, 5) is 4.30. The zero-order valence-electron chi connectivity index (χ0n) is 10.9. The first kappa shape index (κ1) is 13.9. The molecule has 0 unspecified atom stereocenters. The molecule has 0 bridgehead atoms. The largest absolute Gasteiger partial charge is 0.278 e. The first-order valence-electron chi connectivity index (χ1n) is 6.32. The van der Waals surface area contributed by atoms with Gasteiger partial charge in [-0.3, -0.25) is 10.4 Å². The van der Waals surface area contributed by atoms with Crippen LogP contribution in [0.3, 0.4) is 0 Å². The normalized spacial score (nSPS) is 11.1. The predicted octanol–water partition coefficient (Wildman–Crippen LogP) is 4.99. The summed E-state index contributed by atoms with van der Waals surface area (Å²) in [6, 6.07) is 15.1. The summed E-state index contributed by atoms with van der Waals surface area (Å²) in [5.41, 5.74) is 5.48. The molecule has 1 aromatic heterocycles. The lowest BCUT2D eigenvalue weighted by molar-refractivity contribution is 1.33. The Morgan fingerprint density at radius 2 is 1.71 bits per heavy atom. The summed E-state index contributed by atoms with van der Waals surface area (Å²) in [6.07, 6.45) is 3.35. The fourth-order valence-electron chi connectivity index (χ4n) is 1.99. The molecule has 0 saturated carbocycles. The summed E-state index contributed by atoms with van der Waals surface area (Å²) < 4.78 is 0. The summed E-state index contributed by atoms with van der Waals surface area (Å²) in [5, 5.41) is 6.34. The molecule has 0 spiro atoms. The third-order valence-electron chi connectivity index (χ3n) is 3.03. The van der Waals surface area contributed by atoms with E-state index < -0.39 is 0 Å². The Morgan fingerprint density at radius 1 is 0.952 bits per heavy atom. The Morgan fingerprint density at radius 3 is 2.52 bits per heavy atom. The smallest absolute Gasteiger partial charge is 0.0723 e. The molecule has 2 aromatic carbocycles. The molecule has 104 valence electrons. The fraction of sp³-hybridized carbons (Fsp3) is 0. The highest BCUT2D eigenvalue weighted by molar-refractivity contribution is 6.38. The van der Waals surface area contributed by atoms with Crippen molar-refractivity contribution in [2.75, 3.05) is 5.43 Å². The number of nitrogens with zero attached hydrogens (tertiary/aromatic N) is 2. The standard InChI is InChI=1S/C16H11Cl2N3/c17-13-5-3-6-14(18)12(13)10-20-21-16-8-9-19-15-7-2-1-4-11(15)16/h1-10H,(H,19,21). The van der Waals surface area contributed by atoms with Crippen molar-refractivity contribution in [1.29, 1.82) is 0 Å². The molecule has 0 aliphatic rings. The molecule has 0 amide bonds. The van der Waals surface area contributed by atoms with Gasteiger partial charge in [-0.05, 0) is 24.3 Å². The monoisotopic (exact) mass is 315 g/mol. The predicted molar refractivity (Wildman–Crippen MR) is 89.4 cm³/mol. The summed E-state index contributed by atoms with van der Waals surface area (Å²) in [6.45, 7) is 0. The van der Waals surface area contributed by atoms with Gasteiger partial charge in [0.2, 0.25) is 0 Å². The Kier molecular flexibility index (Phi) is 4.04. The van der Waals surface area contributed by atoms with Crippen LogP contribution in [0.5, 0.6) is 0 Å². The second-order valence-corrected chi connectivity index (χ2v) is 5.20. The van der Waals surface area contributed by atoms with Gasteiger partial charge in [0.15, 0.2) is 0 Å². The lowest BCUT2D eigenvalue weighted by Gasteiger charge is -2.05. The van der Waals surface area contributed by atoms with Gasteiger partial charge < -0.3 is 0 Å². The molecule has 21 heavy (non-hydrogen) atoms. The second-order valence-electron chi connectivity index (χ2n) is 4.38. The minimum absolute atomic E-state index is 0.563. The number of rotatable bonds is 3. The molecule has 3 rings (SSSR count). The molecule has 3 aromatic rings. The van der Waals surface area contributed by atoms with Crippen LogP contribution >= 0.6 is 23.2 Å². The van der Waals surface area contributed by atoms with Crippen LogP contribution in [-0.4, -0.2) is 11.2 Å². The fourth-order valence-corrected chi connectivity index (χ4v) is 2.49. The van der Waals surface area contributed by atoms with E-state index in [1.165, 1.54) is 0 Å². The highest BCUT2D eigenvalue weighted by atomic mass is 35.5. The SMILES string of the molecule is Clc1cccc(Cl)c1C=NNc1ccnc2ccccc12. The lowest BCUT2D eigenvalue weighted by Crippen LogP contribution is -1.93. The quantitative estimate of drug-likeness (QED) is 0.546. The average Bonchev–Trinajstić information content (AvgIpc) is 2.50. The van der Waals surface area contributed by atoms with Gasteiger partial charge >= 0.3 is 0 Å². The van der Waals surface area contributed by atoms with Crippen molar-refractivity contribution in [2.45, 2.75) is 0 Å². The number of nitrogens with one attached hydrogen (secondary N) is 1. The van der Waals surface area contributed by atoms with E-state index in [0.29, 0.717) is 15.6 Å². The minimum atomic E-state index is 0.563. The van der Waals surface area contributed by atoms with Crippen LogP contribution < -0.4 is 5.43 Å². The molecular formula is C16H11Cl2N3. The number of benzene rings is 2. The number of pyridine rings is 1. The highest BCUT2D eigenvalue weighted by Gasteiger charge is 2.02. The Balaban J connectivity index is 1.88.